The molecule has 0 saturated heterocycles. The van der Waals surface area contributed by atoms with Crippen LogP contribution in [-0.4, -0.2) is 118 Å². The van der Waals surface area contributed by atoms with Crippen molar-refractivity contribution in [1.82, 2.24) is 33.5 Å². The molecule has 11 nitrogen and oxygen atoms in total. The second kappa shape index (κ2) is 20.8. The fourth-order valence-corrected chi connectivity index (χ4v) is 4.57. The van der Waals surface area contributed by atoms with Crippen LogP contribution in [0, 0.1) is 0 Å². The summed E-state index contributed by atoms with van der Waals surface area (Å²) in [6.45, 7) is 3.31. The number of hydrogen-bond acceptors (Lipinski definition) is 9. The molecular weight excluding hydrogens is 774 g/mol. The van der Waals surface area contributed by atoms with Gasteiger partial charge in [-0.05, 0) is 98.4 Å². The van der Waals surface area contributed by atoms with E-state index in [0.717, 1.165) is 46.0 Å². The van der Waals surface area contributed by atoms with Gasteiger partial charge < -0.3 is 24.5 Å². The third-order valence-electron chi connectivity index (χ3n) is 5.14. The van der Waals surface area contributed by atoms with Crippen molar-refractivity contribution in [3.05, 3.63) is 78.7 Å². The molecule has 0 saturated carbocycles. The highest BCUT2D eigenvalue weighted by molar-refractivity contribution is 9.10. The molecule has 238 valence electrons. The minimum absolute atomic E-state index is 0.194. The zero-order valence-electron chi connectivity index (χ0n) is 25.2. The summed E-state index contributed by atoms with van der Waals surface area (Å²) >= 11 is 15.2. The predicted octanol–water partition coefficient (Wildman–Crippen LogP) is 4.29. The summed E-state index contributed by atoms with van der Waals surface area (Å²) in [6.07, 6.45) is 5.86. The zero-order chi connectivity index (χ0) is 32.5. The molecule has 0 radical (unpaired) electrons. The Morgan fingerprint density at radius 2 is 1.28 bits per heavy atom. The lowest BCUT2D eigenvalue weighted by atomic mass is 10.4. The third kappa shape index (κ3) is 15.0. The van der Waals surface area contributed by atoms with Crippen LogP contribution in [0.2, 0.25) is 0 Å². The average molecular weight is 813 g/mol. The van der Waals surface area contributed by atoms with Crippen LogP contribution in [0.25, 0.3) is 11.3 Å². The average Bonchev–Trinajstić information content (AvgIpc) is 2.93. The van der Waals surface area contributed by atoms with Crippen molar-refractivity contribution < 1.29 is 9.84 Å². The van der Waals surface area contributed by atoms with E-state index < -0.39 is 5.56 Å². The Labute approximate surface area is 282 Å². The number of rotatable bonds is 8. The number of likely N-dealkylation sites (N-methyl/N-ethyl adjacent to an activating group) is 1. The van der Waals surface area contributed by atoms with Gasteiger partial charge in [0.1, 0.15) is 17.9 Å². The first-order valence-electron chi connectivity index (χ1n) is 13.0. The SMILES string of the molecule is CN(C)CCBr.CN(C)CCCl.CN(C)CCOc1cnc2ccc(Br)cn2c1=O.O=c1c(O)cnc2ccc(Br)cn12. The molecule has 0 fully saturated rings. The lowest BCUT2D eigenvalue weighted by Gasteiger charge is -2.10. The van der Waals surface area contributed by atoms with E-state index in [9.17, 15) is 9.59 Å². The van der Waals surface area contributed by atoms with E-state index in [4.69, 9.17) is 21.4 Å². The van der Waals surface area contributed by atoms with Crippen molar-refractivity contribution >= 4 is 70.7 Å². The first-order chi connectivity index (χ1) is 20.3. The number of alkyl halides is 2. The zero-order valence-corrected chi connectivity index (χ0v) is 30.7. The van der Waals surface area contributed by atoms with Gasteiger partial charge in [-0.3, -0.25) is 18.4 Å². The molecule has 15 heteroatoms. The Kier molecular flexibility index (Phi) is 18.8. The summed E-state index contributed by atoms with van der Waals surface area (Å²) in [7, 11) is 12.0. The van der Waals surface area contributed by atoms with Gasteiger partial charge >= 0.3 is 0 Å². The molecule has 4 heterocycles. The quantitative estimate of drug-likeness (QED) is 0.261. The minimum Gasteiger partial charge on any atom is -0.502 e. The number of nitrogens with zero attached hydrogens (tertiary/aromatic N) is 7. The van der Waals surface area contributed by atoms with E-state index in [1.165, 1.54) is 15.0 Å². The first kappa shape index (κ1) is 39.0. The molecule has 0 aliphatic rings. The van der Waals surface area contributed by atoms with E-state index in [-0.39, 0.29) is 17.1 Å². The Morgan fingerprint density at radius 1 is 0.791 bits per heavy atom. The Morgan fingerprint density at radius 3 is 1.70 bits per heavy atom. The Bertz CT molecular complexity index is 1500. The number of halogens is 4. The molecule has 0 aromatic carbocycles. The maximum Gasteiger partial charge on any atom is 0.300 e. The second-order valence-electron chi connectivity index (χ2n) is 9.66. The molecular formula is C28H39Br3ClN7O4. The standard InChI is InChI=1S/C12H14BrN3O2.C8H5BrN2O2.C4H10BrN.C4H10ClN/c1-15(2)5-6-18-10-7-14-11-4-3-9(13)8-16(11)12(10)17;9-5-1-2-7-10-3-6(12)8(13)11(7)4-5;2*1-6(2)4-3-5/h3-4,7-8H,5-6H2,1-2H3;1-4,12H;2*3-4H2,1-2H3. The van der Waals surface area contributed by atoms with Crippen molar-refractivity contribution in [1.29, 1.82) is 0 Å². The normalized spacial score (nSPS) is 10.6. The molecule has 0 aliphatic heterocycles. The van der Waals surface area contributed by atoms with Gasteiger partial charge in [0.25, 0.3) is 11.1 Å². The molecule has 0 amide bonds. The van der Waals surface area contributed by atoms with Crippen LogP contribution in [0.15, 0.2) is 67.6 Å². The van der Waals surface area contributed by atoms with Crippen molar-refractivity contribution in [2.24, 2.45) is 0 Å². The minimum atomic E-state index is -0.466. The van der Waals surface area contributed by atoms with Crippen LogP contribution in [-0.2, 0) is 0 Å². The van der Waals surface area contributed by atoms with E-state index in [0.29, 0.717) is 17.9 Å². The van der Waals surface area contributed by atoms with E-state index >= 15 is 0 Å². The highest BCUT2D eigenvalue weighted by Crippen LogP contribution is 2.11. The molecule has 0 bridgehead atoms. The number of hydrogen-bond donors (Lipinski definition) is 1. The molecule has 0 unspecified atom stereocenters. The van der Waals surface area contributed by atoms with E-state index in [1.807, 2.05) is 44.1 Å². The topological polar surface area (TPSA) is 108 Å². The molecule has 0 aliphatic carbocycles. The van der Waals surface area contributed by atoms with Gasteiger partial charge in [-0.1, -0.05) is 15.9 Å². The van der Waals surface area contributed by atoms with Crippen LogP contribution in [0.3, 0.4) is 0 Å². The Hall–Kier alpha value is -2.07. The van der Waals surface area contributed by atoms with Gasteiger partial charge in [-0.25, -0.2) is 9.97 Å². The number of pyridine rings is 2. The summed E-state index contributed by atoms with van der Waals surface area (Å²) in [5.74, 6) is 0.649. The van der Waals surface area contributed by atoms with Gasteiger partial charge in [-0.2, -0.15) is 0 Å². The van der Waals surface area contributed by atoms with Crippen molar-refractivity contribution in [2.45, 2.75) is 0 Å². The highest BCUT2D eigenvalue weighted by atomic mass is 79.9. The Balaban J connectivity index is 0.000000322. The van der Waals surface area contributed by atoms with Crippen LogP contribution >= 0.6 is 59.4 Å². The number of ether oxygens (including phenoxy) is 1. The largest absolute Gasteiger partial charge is 0.502 e. The van der Waals surface area contributed by atoms with E-state index in [1.54, 1.807) is 30.6 Å². The van der Waals surface area contributed by atoms with Crippen LogP contribution in [0.1, 0.15) is 0 Å². The van der Waals surface area contributed by atoms with Crippen molar-refractivity contribution in [3.8, 4) is 11.5 Å². The lowest BCUT2D eigenvalue weighted by molar-refractivity contribution is 0.257. The third-order valence-corrected chi connectivity index (χ3v) is 6.60. The van der Waals surface area contributed by atoms with Gasteiger partial charge in [0, 0.05) is 52.2 Å². The summed E-state index contributed by atoms with van der Waals surface area (Å²) in [4.78, 5) is 37.7. The monoisotopic (exact) mass is 809 g/mol. The summed E-state index contributed by atoms with van der Waals surface area (Å²) in [5.41, 5.74) is 0.445. The summed E-state index contributed by atoms with van der Waals surface area (Å²) in [6, 6.07) is 7.08. The first-order valence-corrected chi connectivity index (χ1v) is 16.3. The number of aromatic nitrogens is 4. The molecule has 0 atom stereocenters. The van der Waals surface area contributed by atoms with Gasteiger partial charge in [0.2, 0.25) is 11.5 Å². The van der Waals surface area contributed by atoms with Crippen LogP contribution in [0.5, 0.6) is 11.5 Å². The summed E-state index contributed by atoms with van der Waals surface area (Å²) < 4.78 is 9.77. The fraction of sp³-hybridized carbons (Fsp3) is 0.429. The van der Waals surface area contributed by atoms with Crippen molar-refractivity contribution in [2.75, 3.05) is 79.7 Å². The molecule has 1 N–H and O–H groups in total. The van der Waals surface area contributed by atoms with Gasteiger partial charge in [0.05, 0.1) is 12.4 Å². The fourth-order valence-electron chi connectivity index (χ4n) is 2.85. The van der Waals surface area contributed by atoms with Gasteiger partial charge in [-0.15, -0.1) is 11.6 Å². The van der Waals surface area contributed by atoms with Crippen LogP contribution in [0.4, 0.5) is 0 Å². The molecule has 43 heavy (non-hydrogen) atoms. The maximum atomic E-state index is 12.1. The highest BCUT2D eigenvalue weighted by Gasteiger charge is 2.06. The second-order valence-corrected chi connectivity index (χ2v) is 12.7. The van der Waals surface area contributed by atoms with E-state index in [2.05, 4.69) is 76.8 Å². The molecule has 4 aromatic rings. The maximum absolute atomic E-state index is 12.1. The number of aromatic hydroxyl groups is 1. The van der Waals surface area contributed by atoms with Crippen molar-refractivity contribution in [3.63, 3.8) is 0 Å². The summed E-state index contributed by atoms with van der Waals surface area (Å²) in [5, 5.41) is 10.2. The lowest BCUT2D eigenvalue weighted by Crippen LogP contribution is -2.23. The smallest absolute Gasteiger partial charge is 0.300 e. The van der Waals surface area contributed by atoms with Gasteiger partial charge in [0.15, 0.2) is 0 Å². The molecule has 0 spiro atoms. The molecule has 4 rings (SSSR count). The molecule has 4 aromatic heterocycles. The van der Waals surface area contributed by atoms with Crippen LogP contribution < -0.4 is 15.9 Å². The number of fused-ring (bicyclic) bond motifs is 2. The predicted molar refractivity (Wildman–Crippen MR) is 186 cm³/mol.